The highest BCUT2D eigenvalue weighted by Gasteiger charge is 2.22. The zero-order valence-electron chi connectivity index (χ0n) is 18.0. The number of hydrogen-bond acceptors (Lipinski definition) is 6. The van der Waals surface area contributed by atoms with E-state index in [9.17, 15) is 4.79 Å². The Hall–Kier alpha value is -3.45. The molecule has 0 aliphatic heterocycles. The van der Waals surface area contributed by atoms with E-state index < -0.39 is 0 Å². The molecule has 32 heavy (non-hydrogen) atoms. The number of benzene rings is 2. The van der Waals surface area contributed by atoms with E-state index >= 15 is 0 Å². The highest BCUT2D eigenvalue weighted by molar-refractivity contribution is 7.18. The van der Waals surface area contributed by atoms with Crippen LogP contribution >= 0.6 is 11.3 Å². The molecule has 1 aliphatic carbocycles. The van der Waals surface area contributed by atoms with Crippen molar-refractivity contribution in [3.63, 3.8) is 0 Å². The van der Waals surface area contributed by atoms with E-state index in [1.165, 1.54) is 23.3 Å². The van der Waals surface area contributed by atoms with E-state index in [0.717, 1.165) is 23.1 Å². The first-order chi connectivity index (χ1) is 15.6. The first kappa shape index (κ1) is 20.5. The quantitative estimate of drug-likeness (QED) is 0.412. The standard InChI is InChI=1S/C25H23N3O3S/c1-15-26-24(22-19-8-4-6-10-21(19)32-25(22)27-15)31-17-13-11-16(12-14-17)28-23(29)18-7-3-5-9-20(18)30-2/h3,5,7,9,11-14H,4,6,8,10H2,1-2H3,(H,28,29). The topological polar surface area (TPSA) is 73.3 Å². The number of fused-ring (bicyclic) bond motifs is 3. The molecule has 5 rings (SSSR count). The van der Waals surface area contributed by atoms with Crippen molar-refractivity contribution >= 4 is 33.1 Å². The number of para-hydroxylation sites is 1. The van der Waals surface area contributed by atoms with E-state index in [4.69, 9.17) is 9.47 Å². The van der Waals surface area contributed by atoms with Crippen LogP contribution in [-0.2, 0) is 12.8 Å². The summed E-state index contributed by atoms with van der Waals surface area (Å²) < 4.78 is 11.5. The summed E-state index contributed by atoms with van der Waals surface area (Å²) in [6.45, 7) is 1.89. The van der Waals surface area contributed by atoms with Crippen LogP contribution in [0.2, 0.25) is 0 Å². The largest absolute Gasteiger partial charge is 0.496 e. The molecule has 7 heteroatoms. The molecule has 0 saturated carbocycles. The van der Waals surface area contributed by atoms with Gasteiger partial charge in [0, 0.05) is 10.6 Å². The fourth-order valence-electron chi connectivity index (χ4n) is 4.05. The second-order valence-electron chi connectivity index (χ2n) is 7.75. The molecule has 0 saturated heterocycles. The van der Waals surface area contributed by atoms with Crippen molar-refractivity contribution in [1.82, 2.24) is 9.97 Å². The molecule has 1 N–H and O–H groups in total. The fraction of sp³-hybridized carbons (Fsp3) is 0.240. The maximum absolute atomic E-state index is 12.6. The number of carbonyl (C=O) groups excluding carboxylic acids is 1. The predicted molar refractivity (Wildman–Crippen MR) is 126 cm³/mol. The van der Waals surface area contributed by atoms with Gasteiger partial charge < -0.3 is 14.8 Å². The number of thiophene rings is 1. The smallest absolute Gasteiger partial charge is 0.259 e. The third-order valence-electron chi connectivity index (χ3n) is 5.57. The van der Waals surface area contributed by atoms with E-state index in [-0.39, 0.29) is 5.91 Å². The van der Waals surface area contributed by atoms with Crippen molar-refractivity contribution in [3.8, 4) is 17.4 Å². The molecule has 0 radical (unpaired) electrons. The Balaban J connectivity index is 1.38. The van der Waals surface area contributed by atoms with Crippen molar-refractivity contribution in [2.75, 3.05) is 12.4 Å². The number of anilines is 1. The molecule has 1 aliphatic rings. The number of carbonyl (C=O) groups is 1. The SMILES string of the molecule is COc1ccccc1C(=O)Nc1ccc(Oc2nc(C)nc3sc4c(c23)CCCC4)cc1. The number of methoxy groups -OCH3 is 1. The molecule has 0 unspecified atom stereocenters. The van der Waals surface area contributed by atoms with E-state index in [0.29, 0.717) is 34.5 Å². The Morgan fingerprint density at radius 1 is 1.03 bits per heavy atom. The Morgan fingerprint density at radius 3 is 2.62 bits per heavy atom. The van der Waals surface area contributed by atoms with E-state index in [1.54, 1.807) is 30.6 Å². The first-order valence-electron chi connectivity index (χ1n) is 10.6. The second kappa shape index (κ2) is 8.59. The highest BCUT2D eigenvalue weighted by atomic mass is 32.1. The highest BCUT2D eigenvalue weighted by Crippen LogP contribution is 2.40. The van der Waals surface area contributed by atoms with Crippen molar-refractivity contribution in [2.24, 2.45) is 0 Å². The van der Waals surface area contributed by atoms with Crippen LogP contribution in [0.3, 0.4) is 0 Å². The maximum Gasteiger partial charge on any atom is 0.259 e. The molecule has 0 spiro atoms. The lowest BCUT2D eigenvalue weighted by Crippen LogP contribution is -2.13. The van der Waals surface area contributed by atoms with Gasteiger partial charge in [0.15, 0.2) is 0 Å². The number of rotatable bonds is 5. The average Bonchev–Trinajstić information content (AvgIpc) is 3.18. The van der Waals surface area contributed by atoms with Gasteiger partial charge in [-0.25, -0.2) is 4.98 Å². The molecule has 0 bridgehead atoms. The van der Waals surface area contributed by atoms with Gasteiger partial charge in [-0.2, -0.15) is 4.98 Å². The van der Waals surface area contributed by atoms with Crippen LogP contribution in [0.25, 0.3) is 10.2 Å². The Kier molecular flexibility index (Phi) is 5.49. The molecule has 2 aromatic carbocycles. The summed E-state index contributed by atoms with van der Waals surface area (Å²) in [6.07, 6.45) is 4.57. The van der Waals surface area contributed by atoms with Crippen LogP contribution in [0.4, 0.5) is 5.69 Å². The number of amides is 1. The van der Waals surface area contributed by atoms with Gasteiger partial charge in [-0.15, -0.1) is 11.3 Å². The third-order valence-corrected chi connectivity index (χ3v) is 6.76. The fourth-order valence-corrected chi connectivity index (χ4v) is 5.35. The molecule has 4 aromatic rings. The van der Waals surface area contributed by atoms with Gasteiger partial charge in [0.25, 0.3) is 5.91 Å². The lowest BCUT2D eigenvalue weighted by Gasteiger charge is -2.13. The normalized spacial score (nSPS) is 12.9. The summed E-state index contributed by atoms with van der Waals surface area (Å²) in [5, 5.41) is 3.95. The van der Waals surface area contributed by atoms with Gasteiger partial charge in [-0.3, -0.25) is 4.79 Å². The summed E-state index contributed by atoms with van der Waals surface area (Å²) in [5.41, 5.74) is 2.49. The van der Waals surface area contributed by atoms with Crippen LogP contribution in [0, 0.1) is 6.92 Å². The molecule has 162 valence electrons. The minimum atomic E-state index is -0.228. The lowest BCUT2D eigenvalue weighted by molar-refractivity contribution is 0.102. The van der Waals surface area contributed by atoms with Crippen LogP contribution in [0.1, 0.15) is 39.5 Å². The second-order valence-corrected chi connectivity index (χ2v) is 8.83. The zero-order chi connectivity index (χ0) is 22.1. The summed E-state index contributed by atoms with van der Waals surface area (Å²) >= 11 is 1.76. The summed E-state index contributed by atoms with van der Waals surface area (Å²) in [7, 11) is 1.55. The number of nitrogens with one attached hydrogen (secondary N) is 1. The maximum atomic E-state index is 12.6. The lowest BCUT2D eigenvalue weighted by atomic mass is 9.97. The predicted octanol–water partition coefficient (Wildman–Crippen LogP) is 5.93. The van der Waals surface area contributed by atoms with Gasteiger partial charge in [0.05, 0.1) is 18.1 Å². The van der Waals surface area contributed by atoms with E-state index in [1.807, 2.05) is 43.3 Å². The third kappa shape index (κ3) is 3.91. The van der Waals surface area contributed by atoms with Gasteiger partial charge in [-0.1, -0.05) is 12.1 Å². The molecule has 0 atom stereocenters. The van der Waals surface area contributed by atoms with Crippen molar-refractivity contribution in [2.45, 2.75) is 32.6 Å². The average molecular weight is 446 g/mol. The Bertz CT molecular complexity index is 1300. The van der Waals surface area contributed by atoms with Gasteiger partial charge in [0.1, 0.15) is 22.2 Å². The van der Waals surface area contributed by atoms with Gasteiger partial charge in [-0.05, 0) is 74.6 Å². The van der Waals surface area contributed by atoms with Crippen LogP contribution in [-0.4, -0.2) is 23.0 Å². The zero-order valence-corrected chi connectivity index (χ0v) is 18.8. The number of hydrogen-bond donors (Lipinski definition) is 1. The van der Waals surface area contributed by atoms with Crippen LogP contribution < -0.4 is 14.8 Å². The number of ether oxygens (including phenoxy) is 2. The Labute approximate surface area is 190 Å². The molecule has 2 aromatic heterocycles. The molecule has 0 fully saturated rings. The van der Waals surface area contributed by atoms with Crippen LogP contribution in [0.5, 0.6) is 17.4 Å². The molecule has 2 heterocycles. The monoisotopic (exact) mass is 445 g/mol. The van der Waals surface area contributed by atoms with Crippen molar-refractivity contribution < 1.29 is 14.3 Å². The summed E-state index contributed by atoms with van der Waals surface area (Å²) in [5.74, 6) is 2.28. The van der Waals surface area contributed by atoms with E-state index in [2.05, 4.69) is 15.3 Å². The first-order valence-corrected chi connectivity index (χ1v) is 11.4. The minimum Gasteiger partial charge on any atom is -0.496 e. The van der Waals surface area contributed by atoms with Crippen LogP contribution in [0.15, 0.2) is 48.5 Å². The Morgan fingerprint density at radius 2 is 1.81 bits per heavy atom. The molecule has 6 nitrogen and oxygen atoms in total. The number of nitrogens with zero attached hydrogens (tertiary/aromatic N) is 2. The number of aromatic nitrogens is 2. The van der Waals surface area contributed by atoms with Crippen molar-refractivity contribution in [1.29, 1.82) is 0 Å². The minimum absolute atomic E-state index is 0.228. The molecule has 1 amide bonds. The van der Waals surface area contributed by atoms with Gasteiger partial charge >= 0.3 is 0 Å². The summed E-state index contributed by atoms with van der Waals surface area (Å²) in [6, 6.07) is 14.4. The number of aryl methyl sites for hydroxylation is 3. The molecular weight excluding hydrogens is 422 g/mol. The summed E-state index contributed by atoms with van der Waals surface area (Å²) in [4.78, 5) is 24.3. The van der Waals surface area contributed by atoms with Crippen molar-refractivity contribution in [3.05, 3.63) is 70.4 Å². The van der Waals surface area contributed by atoms with Gasteiger partial charge in [0.2, 0.25) is 5.88 Å². The molecular formula is C25H23N3O3S.